The third-order valence-electron chi connectivity index (χ3n) is 2.52. The van der Waals surface area contributed by atoms with Crippen LogP contribution in [0.4, 0.5) is 0 Å². The first-order chi connectivity index (χ1) is 7.45. The van der Waals surface area contributed by atoms with Gasteiger partial charge in [-0.3, -0.25) is 0 Å². The highest BCUT2D eigenvalue weighted by Gasteiger charge is 2.15. The van der Waals surface area contributed by atoms with Crippen LogP contribution < -0.4 is 0 Å². The molecule has 0 fully saturated rings. The molecule has 0 saturated heterocycles. The van der Waals surface area contributed by atoms with E-state index < -0.39 is 0 Å². The third-order valence-corrected chi connectivity index (χ3v) is 2.52. The number of benzene rings is 1. The maximum atomic E-state index is 4.31. The highest BCUT2D eigenvalue weighted by molar-refractivity contribution is 5.82. The standard InChI is InChI=1S/C13H10N2/c1-2-6-12-11(5-1)8-10-15-13(12)7-3-4-9-14-15/h1-10H. The van der Waals surface area contributed by atoms with E-state index in [1.807, 2.05) is 23.4 Å². The molecule has 0 unspecified atom stereocenters. The Balaban J connectivity index is 2.21. The quantitative estimate of drug-likeness (QED) is 0.620. The SMILES string of the molecule is C1=CC=C2c3ccccc3C=CN2N=C1. The smallest absolute Gasteiger partial charge is 0.0723 e. The van der Waals surface area contributed by atoms with E-state index in [-0.39, 0.29) is 0 Å². The van der Waals surface area contributed by atoms with Gasteiger partial charge in [-0.25, -0.2) is 5.01 Å². The molecule has 0 saturated carbocycles. The van der Waals surface area contributed by atoms with Crippen LogP contribution in [0.2, 0.25) is 0 Å². The molecule has 1 aromatic rings. The summed E-state index contributed by atoms with van der Waals surface area (Å²) < 4.78 is 0. The van der Waals surface area contributed by atoms with Gasteiger partial charge in [-0.15, -0.1) is 0 Å². The van der Waals surface area contributed by atoms with Gasteiger partial charge < -0.3 is 0 Å². The Morgan fingerprint density at radius 2 is 2.00 bits per heavy atom. The van der Waals surface area contributed by atoms with Gasteiger partial charge in [-0.05, 0) is 23.8 Å². The summed E-state index contributed by atoms with van der Waals surface area (Å²) in [5.74, 6) is 0. The van der Waals surface area contributed by atoms with Crippen molar-refractivity contribution < 1.29 is 0 Å². The summed E-state index contributed by atoms with van der Waals surface area (Å²) in [7, 11) is 0. The molecule has 2 heterocycles. The van der Waals surface area contributed by atoms with Crippen molar-refractivity contribution >= 4 is 18.0 Å². The molecule has 72 valence electrons. The van der Waals surface area contributed by atoms with E-state index in [4.69, 9.17) is 0 Å². The molecule has 0 radical (unpaired) electrons. The maximum Gasteiger partial charge on any atom is 0.0723 e. The van der Waals surface area contributed by atoms with Crippen LogP contribution in [0.1, 0.15) is 11.1 Å². The van der Waals surface area contributed by atoms with Crippen molar-refractivity contribution in [3.63, 3.8) is 0 Å². The number of nitrogens with zero attached hydrogens (tertiary/aromatic N) is 2. The molecule has 0 aromatic heterocycles. The Hall–Kier alpha value is -2.09. The van der Waals surface area contributed by atoms with Crippen LogP contribution in [0.15, 0.2) is 53.8 Å². The second-order valence-electron chi connectivity index (χ2n) is 3.45. The number of fused-ring (bicyclic) bond motifs is 3. The Morgan fingerprint density at radius 3 is 3.00 bits per heavy atom. The second kappa shape index (κ2) is 3.24. The van der Waals surface area contributed by atoms with E-state index in [0.717, 1.165) is 5.70 Å². The van der Waals surface area contributed by atoms with Crippen molar-refractivity contribution in [3.8, 4) is 0 Å². The van der Waals surface area contributed by atoms with Crippen LogP contribution in [0.3, 0.4) is 0 Å². The molecular formula is C13H10N2. The molecule has 2 nitrogen and oxygen atoms in total. The van der Waals surface area contributed by atoms with Crippen LogP contribution in [-0.2, 0) is 0 Å². The van der Waals surface area contributed by atoms with E-state index >= 15 is 0 Å². The molecule has 1 aromatic carbocycles. The summed E-state index contributed by atoms with van der Waals surface area (Å²) in [6, 6.07) is 8.33. The Kier molecular flexibility index (Phi) is 1.78. The van der Waals surface area contributed by atoms with E-state index in [2.05, 4.69) is 41.5 Å². The summed E-state index contributed by atoms with van der Waals surface area (Å²) in [6.07, 6.45) is 11.9. The van der Waals surface area contributed by atoms with Crippen molar-refractivity contribution in [2.75, 3.05) is 0 Å². The van der Waals surface area contributed by atoms with Gasteiger partial charge in [0.1, 0.15) is 0 Å². The van der Waals surface area contributed by atoms with Crippen molar-refractivity contribution in [2.45, 2.75) is 0 Å². The van der Waals surface area contributed by atoms with Gasteiger partial charge in [-0.1, -0.05) is 30.3 Å². The van der Waals surface area contributed by atoms with E-state index in [9.17, 15) is 0 Å². The Labute approximate surface area is 88.5 Å². The molecule has 2 heteroatoms. The van der Waals surface area contributed by atoms with Gasteiger partial charge in [0.05, 0.1) is 5.70 Å². The highest BCUT2D eigenvalue weighted by atomic mass is 15.4. The molecule has 3 rings (SSSR count). The number of hydrogen-bond donors (Lipinski definition) is 0. The fourth-order valence-electron chi connectivity index (χ4n) is 1.80. The minimum absolute atomic E-state index is 1.12. The number of hydrogen-bond acceptors (Lipinski definition) is 2. The minimum atomic E-state index is 1.12. The van der Waals surface area contributed by atoms with E-state index in [1.165, 1.54) is 11.1 Å². The monoisotopic (exact) mass is 194 g/mol. The largest absolute Gasteiger partial charge is 0.240 e. The highest BCUT2D eigenvalue weighted by Crippen LogP contribution is 2.29. The van der Waals surface area contributed by atoms with Gasteiger partial charge in [0.15, 0.2) is 0 Å². The molecule has 2 aliphatic heterocycles. The van der Waals surface area contributed by atoms with Crippen LogP contribution in [0, 0.1) is 0 Å². The van der Waals surface area contributed by atoms with Gasteiger partial charge in [0.2, 0.25) is 0 Å². The van der Waals surface area contributed by atoms with Gasteiger partial charge in [0, 0.05) is 18.0 Å². The number of rotatable bonds is 0. The van der Waals surface area contributed by atoms with Gasteiger partial charge in [0.25, 0.3) is 0 Å². The lowest BCUT2D eigenvalue weighted by Crippen LogP contribution is -2.12. The lowest BCUT2D eigenvalue weighted by molar-refractivity contribution is 0.577. The normalized spacial score (nSPS) is 16.8. The summed E-state index contributed by atoms with van der Waals surface area (Å²) in [5.41, 5.74) is 3.59. The summed E-state index contributed by atoms with van der Waals surface area (Å²) >= 11 is 0. The predicted molar refractivity (Wildman–Crippen MR) is 62.9 cm³/mol. The zero-order chi connectivity index (χ0) is 10.1. The van der Waals surface area contributed by atoms with Crippen LogP contribution in [-0.4, -0.2) is 11.2 Å². The van der Waals surface area contributed by atoms with Gasteiger partial charge in [-0.2, -0.15) is 5.10 Å². The summed E-state index contributed by atoms with van der Waals surface area (Å²) in [5, 5.41) is 6.20. The average Bonchev–Trinajstić information content (AvgIpc) is 2.54. The molecular weight excluding hydrogens is 184 g/mol. The zero-order valence-electron chi connectivity index (χ0n) is 8.17. The molecule has 15 heavy (non-hydrogen) atoms. The van der Waals surface area contributed by atoms with Crippen molar-refractivity contribution in [1.82, 2.24) is 5.01 Å². The summed E-state index contributed by atoms with van der Waals surface area (Å²) in [4.78, 5) is 0. The third kappa shape index (κ3) is 1.31. The fraction of sp³-hybridized carbons (Fsp3) is 0. The first-order valence-electron chi connectivity index (χ1n) is 4.93. The van der Waals surface area contributed by atoms with Crippen LogP contribution in [0.5, 0.6) is 0 Å². The molecule has 0 bridgehead atoms. The zero-order valence-corrected chi connectivity index (χ0v) is 8.17. The molecule has 0 amide bonds. The minimum Gasteiger partial charge on any atom is -0.240 e. The topological polar surface area (TPSA) is 15.6 Å². The van der Waals surface area contributed by atoms with E-state index in [0.29, 0.717) is 0 Å². The Morgan fingerprint density at radius 1 is 1.07 bits per heavy atom. The van der Waals surface area contributed by atoms with E-state index in [1.54, 1.807) is 6.21 Å². The summed E-state index contributed by atoms with van der Waals surface area (Å²) in [6.45, 7) is 0. The molecule has 0 spiro atoms. The first kappa shape index (κ1) is 8.24. The average molecular weight is 194 g/mol. The second-order valence-corrected chi connectivity index (χ2v) is 3.45. The first-order valence-corrected chi connectivity index (χ1v) is 4.93. The molecule has 0 atom stereocenters. The van der Waals surface area contributed by atoms with Crippen molar-refractivity contribution in [1.29, 1.82) is 0 Å². The lowest BCUT2D eigenvalue weighted by atomic mass is 10.0. The lowest BCUT2D eigenvalue weighted by Gasteiger charge is -2.23. The fourth-order valence-corrected chi connectivity index (χ4v) is 1.80. The Bertz CT molecular complexity index is 507. The number of allylic oxidation sites excluding steroid dienone is 3. The van der Waals surface area contributed by atoms with Gasteiger partial charge >= 0.3 is 0 Å². The van der Waals surface area contributed by atoms with Crippen LogP contribution >= 0.6 is 0 Å². The molecule has 0 aliphatic carbocycles. The van der Waals surface area contributed by atoms with Crippen LogP contribution in [0.25, 0.3) is 11.8 Å². The molecule has 0 N–H and O–H groups in total. The predicted octanol–water partition coefficient (Wildman–Crippen LogP) is 2.87. The molecule has 2 aliphatic rings. The van der Waals surface area contributed by atoms with Crippen molar-refractivity contribution in [2.24, 2.45) is 5.10 Å². The maximum absolute atomic E-state index is 4.31. The number of hydrazone groups is 1. The van der Waals surface area contributed by atoms with Crippen molar-refractivity contribution in [3.05, 3.63) is 59.8 Å².